The van der Waals surface area contributed by atoms with Gasteiger partial charge in [0.25, 0.3) is 0 Å². The molecular weight excluding hydrogens is 657 g/mol. The maximum atomic E-state index is 5.40. The molecule has 6 aromatic carbocycles. The third-order valence-electron chi connectivity index (χ3n) is 10.5. The lowest BCUT2D eigenvalue weighted by molar-refractivity contribution is 0.409. The fourth-order valence-electron chi connectivity index (χ4n) is 8.06. The number of hydrogen-bond acceptors (Lipinski definition) is 7. The van der Waals surface area contributed by atoms with Crippen LogP contribution in [0.4, 0.5) is 11.4 Å². The van der Waals surface area contributed by atoms with Gasteiger partial charge in [-0.15, -0.1) is 11.3 Å². The fraction of sp³-hybridized carbons (Fsp3) is 0.0667. The van der Waals surface area contributed by atoms with Crippen LogP contribution < -0.4 is 20.9 Å². The first-order valence-electron chi connectivity index (χ1n) is 17.7. The Labute approximate surface area is 304 Å². The molecule has 3 unspecified atom stereocenters. The molecule has 0 bridgehead atoms. The molecule has 3 aliphatic heterocycles. The second kappa shape index (κ2) is 11.6. The van der Waals surface area contributed by atoms with E-state index in [0.717, 1.165) is 39.5 Å². The van der Waals surface area contributed by atoms with E-state index in [0.29, 0.717) is 0 Å². The Balaban J connectivity index is 1.10. The highest BCUT2D eigenvalue weighted by atomic mass is 32.1. The fourth-order valence-corrected chi connectivity index (χ4v) is 9.15. The van der Waals surface area contributed by atoms with Crippen LogP contribution in [-0.2, 0) is 0 Å². The van der Waals surface area contributed by atoms with Crippen molar-refractivity contribution in [3.05, 3.63) is 175 Å². The number of benzene rings is 6. The van der Waals surface area contributed by atoms with Gasteiger partial charge in [-0.05, 0) is 76.5 Å². The van der Waals surface area contributed by atoms with Crippen molar-refractivity contribution < 1.29 is 0 Å². The summed E-state index contributed by atoms with van der Waals surface area (Å²) in [6.07, 6.45) is 10.2. The topological polar surface area (TPSA) is 64.6 Å². The number of hydrogen-bond donors (Lipinski definition) is 3. The van der Waals surface area contributed by atoms with Crippen molar-refractivity contribution in [2.75, 3.05) is 10.2 Å². The first-order chi connectivity index (χ1) is 25.7. The van der Waals surface area contributed by atoms with Gasteiger partial charge in [-0.1, -0.05) is 91.0 Å². The molecule has 0 radical (unpaired) electrons. The molecule has 11 rings (SSSR count). The summed E-state index contributed by atoms with van der Waals surface area (Å²) >= 11 is 1.84. The standard InChI is InChI=1S/C45H32N6S/c1-2-10-27(11-3-1)43-48-44(50-45(49-43)30-18-21-39-36(26-30)31-12-4-5-14-38(31)52-39)29-17-20-33-35(25-29)34-24-28(37-13-6-8-22-46-37)16-19-32(34)41-42(33)51-23-9-7-15-40(51)47-41/h1-26,40,43,45,47,49H,(H,48,50). The maximum Gasteiger partial charge on any atom is 0.131 e. The molecule has 248 valence electrons. The summed E-state index contributed by atoms with van der Waals surface area (Å²) in [5, 5.41) is 18.7. The molecule has 0 amide bonds. The predicted molar refractivity (Wildman–Crippen MR) is 217 cm³/mol. The number of rotatable bonds is 4. The highest BCUT2D eigenvalue weighted by molar-refractivity contribution is 7.25. The van der Waals surface area contributed by atoms with E-state index in [4.69, 9.17) is 4.99 Å². The third-order valence-corrected chi connectivity index (χ3v) is 11.7. The first-order valence-corrected chi connectivity index (χ1v) is 18.5. The third kappa shape index (κ3) is 4.67. The van der Waals surface area contributed by atoms with E-state index >= 15 is 0 Å². The normalized spacial score (nSPS) is 19.1. The highest BCUT2D eigenvalue weighted by Gasteiger charge is 2.32. The van der Waals surface area contributed by atoms with Gasteiger partial charge < -0.3 is 15.5 Å². The van der Waals surface area contributed by atoms with Crippen LogP contribution in [0.2, 0.25) is 0 Å². The van der Waals surface area contributed by atoms with Crippen LogP contribution in [0.3, 0.4) is 0 Å². The Hall–Kier alpha value is -6.28. The summed E-state index contributed by atoms with van der Waals surface area (Å²) in [7, 11) is 0. The van der Waals surface area contributed by atoms with Gasteiger partial charge in [0.2, 0.25) is 0 Å². The van der Waals surface area contributed by atoms with Gasteiger partial charge >= 0.3 is 0 Å². The smallest absolute Gasteiger partial charge is 0.131 e. The maximum absolute atomic E-state index is 5.40. The van der Waals surface area contributed by atoms with Crippen LogP contribution in [0, 0.1) is 0 Å². The summed E-state index contributed by atoms with van der Waals surface area (Å²) < 4.78 is 2.59. The van der Waals surface area contributed by atoms with Gasteiger partial charge in [-0.3, -0.25) is 10.3 Å². The number of allylic oxidation sites excluding steroid dienone is 2. The van der Waals surface area contributed by atoms with Gasteiger partial charge in [0.15, 0.2) is 0 Å². The van der Waals surface area contributed by atoms with E-state index in [-0.39, 0.29) is 18.5 Å². The summed E-state index contributed by atoms with van der Waals surface area (Å²) in [4.78, 5) is 12.4. The van der Waals surface area contributed by atoms with Crippen molar-refractivity contribution in [3.8, 4) is 11.3 Å². The summed E-state index contributed by atoms with van der Waals surface area (Å²) in [5.41, 5.74) is 7.74. The number of amidine groups is 1. The molecule has 5 heterocycles. The van der Waals surface area contributed by atoms with Crippen molar-refractivity contribution in [2.24, 2.45) is 4.99 Å². The molecule has 3 aliphatic rings. The molecular formula is C45H32N6S. The largest absolute Gasteiger partial charge is 0.359 e. The lowest BCUT2D eigenvalue weighted by Gasteiger charge is -2.32. The van der Waals surface area contributed by atoms with Crippen LogP contribution in [0.1, 0.15) is 29.0 Å². The van der Waals surface area contributed by atoms with E-state index in [1.165, 1.54) is 47.4 Å². The van der Waals surface area contributed by atoms with Crippen LogP contribution in [0.25, 0.3) is 53.0 Å². The number of nitrogens with zero attached hydrogens (tertiary/aromatic N) is 3. The van der Waals surface area contributed by atoms with Crippen molar-refractivity contribution >= 4 is 70.3 Å². The van der Waals surface area contributed by atoms with Crippen molar-refractivity contribution in [1.82, 2.24) is 15.6 Å². The number of fused-ring (bicyclic) bond motifs is 11. The van der Waals surface area contributed by atoms with Crippen LogP contribution >= 0.6 is 11.3 Å². The molecule has 7 heteroatoms. The average Bonchev–Trinajstić information content (AvgIpc) is 3.80. The Bertz CT molecular complexity index is 2800. The van der Waals surface area contributed by atoms with E-state index in [9.17, 15) is 0 Å². The monoisotopic (exact) mass is 688 g/mol. The van der Waals surface area contributed by atoms with Crippen molar-refractivity contribution in [3.63, 3.8) is 0 Å². The lowest BCUT2D eigenvalue weighted by Crippen LogP contribution is -2.44. The number of anilines is 2. The minimum Gasteiger partial charge on any atom is -0.359 e. The highest BCUT2D eigenvalue weighted by Crippen LogP contribution is 2.49. The summed E-state index contributed by atoms with van der Waals surface area (Å²) in [6.45, 7) is 0. The number of nitrogens with one attached hydrogen (secondary N) is 3. The number of aliphatic imine (C=N–C) groups is 1. The first kappa shape index (κ1) is 29.5. The SMILES string of the molecule is C1=CC2Nc3c(c4ccc(C5=NC(c6ccc7sc8ccccc8c7c6)NC(c6ccccc6)N5)cc4c4cc(-c5ccccn5)ccc34)N2C=C1. The molecule has 0 saturated carbocycles. The summed E-state index contributed by atoms with van der Waals surface area (Å²) in [6, 6.07) is 45.7. The molecule has 2 aromatic heterocycles. The molecule has 6 nitrogen and oxygen atoms in total. The van der Waals surface area contributed by atoms with Crippen LogP contribution in [-0.4, -0.2) is 17.0 Å². The molecule has 0 spiro atoms. The van der Waals surface area contributed by atoms with Gasteiger partial charge in [0, 0.05) is 54.5 Å². The van der Waals surface area contributed by atoms with E-state index in [1.54, 1.807) is 0 Å². The van der Waals surface area contributed by atoms with Crippen molar-refractivity contribution in [1.29, 1.82) is 0 Å². The lowest BCUT2D eigenvalue weighted by atomic mass is 9.94. The molecule has 3 N–H and O–H groups in total. The molecule has 0 fully saturated rings. The summed E-state index contributed by atoms with van der Waals surface area (Å²) in [5.74, 6) is 0.862. The number of thiophene rings is 1. The molecule has 0 saturated heterocycles. The van der Waals surface area contributed by atoms with E-state index in [1.807, 2.05) is 29.7 Å². The molecule has 3 atom stereocenters. The zero-order valence-electron chi connectivity index (χ0n) is 28.0. The van der Waals surface area contributed by atoms with Gasteiger partial charge in [0.1, 0.15) is 24.3 Å². The average molecular weight is 689 g/mol. The number of pyridine rings is 1. The zero-order chi connectivity index (χ0) is 34.2. The minimum atomic E-state index is -0.247. The second-order valence-corrected chi connectivity index (χ2v) is 14.7. The molecule has 0 aliphatic carbocycles. The second-order valence-electron chi connectivity index (χ2n) is 13.6. The zero-order valence-corrected chi connectivity index (χ0v) is 28.8. The number of aromatic nitrogens is 1. The van der Waals surface area contributed by atoms with E-state index in [2.05, 4.69) is 166 Å². The van der Waals surface area contributed by atoms with Gasteiger partial charge in [-0.2, -0.15) is 0 Å². The van der Waals surface area contributed by atoms with Crippen LogP contribution in [0.5, 0.6) is 0 Å². The van der Waals surface area contributed by atoms with Crippen molar-refractivity contribution in [2.45, 2.75) is 18.5 Å². The minimum absolute atomic E-state index is 0.0736. The Morgan fingerprint density at radius 3 is 2.33 bits per heavy atom. The Morgan fingerprint density at radius 1 is 0.596 bits per heavy atom. The molecule has 8 aromatic rings. The quantitative estimate of drug-likeness (QED) is 0.161. The Morgan fingerprint density at radius 2 is 1.40 bits per heavy atom. The predicted octanol–water partition coefficient (Wildman–Crippen LogP) is 10.4. The molecule has 52 heavy (non-hydrogen) atoms. The van der Waals surface area contributed by atoms with Gasteiger partial charge in [0.05, 0.1) is 17.1 Å². The van der Waals surface area contributed by atoms with E-state index < -0.39 is 0 Å². The van der Waals surface area contributed by atoms with Gasteiger partial charge in [-0.25, -0.2) is 4.99 Å². The Kier molecular flexibility index (Phi) is 6.59. The van der Waals surface area contributed by atoms with Crippen LogP contribution in [0.15, 0.2) is 163 Å².